The average Bonchev–Trinajstić information content (AvgIpc) is 2.42. The van der Waals surface area contributed by atoms with E-state index < -0.39 is 0 Å². The zero-order valence-electron chi connectivity index (χ0n) is 12.5. The molecule has 20 heavy (non-hydrogen) atoms. The van der Waals surface area contributed by atoms with E-state index >= 15 is 0 Å². The van der Waals surface area contributed by atoms with Crippen molar-refractivity contribution in [3.8, 4) is 0 Å². The number of para-hydroxylation sites is 1. The summed E-state index contributed by atoms with van der Waals surface area (Å²) in [4.78, 5) is 12.1. The molecule has 1 rings (SSSR count). The lowest BCUT2D eigenvalue weighted by Gasteiger charge is -2.14. The van der Waals surface area contributed by atoms with Crippen LogP contribution in [0.5, 0.6) is 0 Å². The highest BCUT2D eigenvalue weighted by atomic mass is 16.2. The van der Waals surface area contributed by atoms with Crippen molar-refractivity contribution in [1.29, 1.82) is 0 Å². The van der Waals surface area contributed by atoms with Crippen LogP contribution in [0.1, 0.15) is 49.9 Å². The lowest BCUT2D eigenvalue weighted by atomic mass is 10.1. The van der Waals surface area contributed by atoms with Crippen LogP contribution in [-0.4, -0.2) is 30.2 Å². The van der Waals surface area contributed by atoms with Gasteiger partial charge in [0.1, 0.15) is 0 Å². The number of hydrogen-bond acceptors (Lipinski definition) is 3. The second kappa shape index (κ2) is 9.37. The van der Waals surface area contributed by atoms with Gasteiger partial charge in [0.25, 0.3) is 5.91 Å². The van der Waals surface area contributed by atoms with Gasteiger partial charge in [0, 0.05) is 24.9 Å². The fraction of sp³-hybridized carbons (Fsp3) is 0.562. The number of hydrogen-bond donors (Lipinski definition) is 3. The highest BCUT2D eigenvalue weighted by Gasteiger charge is 2.10. The molecule has 112 valence electrons. The number of aliphatic hydroxyl groups is 1. The minimum atomic E-state index is -0.0316. The number of amides is 1. The minimum absolute atomic E-state index is 0.0316. The van der Waals surface area contributed by atoms with Gasteiger partial charge in [-0.3, -0.25) is 4.79 Å². The van der Waals surface area contributed by atoms with Crippen molar-refractivity contribution in [1.82, 2.24) is 5.32 Å². The first-order valence-electron chi connectivity index (χ1n) is 7.39. The van der Waals surface area contributed by atoms with Crippen LogP contribution in [0.25, 0.3) is 0 Å². The third-order valence-electron chi connectivity index (χ3n) is 2.99. The van der Waals surface area contributed by atoms with Crippen LogP contribution in [0, 0.1) is 0 Å². The van der Waals surface area contributed by atoms with Crippen molar-refractivity contribution in [3.05, 3.63) is 29.8 Å². The Labute approximate surface area is 121 Å². The summed E-state index contributed by atoms with van der Waals surface area (Å²) in [5.74, 6) is -0.0316. The Morgan fingerprint density at radius 1 is 1.15 bits per heavy atom. The molecule has 1 aromatic carbocycles. The van der Waals surface area contributed by atoms with Gasteiger partial charge in [-0.05, 0) is 38.8 Å². The summed E-state index contributed by atoms with van der Waals surface area (Å²) in [6.07, 6.45) is 3.84. The summed E-state index contributed by atoms with van der Waals surface area (Å²) in [7, 11) is 0. The number of nitrogens with one attached hydrogen (secondary N) is 2. The summed E-state index contributed by atoms with van der Waals surface area (Å²) < 4.78 is 0. The zero-order chi connectivity index (χ0) is 14.8. The van der Waals surface area contributed by atoms with Gasteiger partial charge >= 0.3 is 0 Å². The Balaban J connectivity index is 2.43. The van der Waals surface area contributed by atoms with Gasteiger partial charge in [0.2, 0.25) is 0 Å². The van der Waals surface area contributed by atoms with E-state index in [1.807, 2.05) is 24.3 Å². The monoisotopic (exact) mass is 278 g/mol. The highest BCUT2D eigenvalue weighted by Crippen LogP contribution is 2.15. The molecule has 0 saturated heterocycles. The van der Waals surface area contributed by atoms with E-state index in [4.69, 9.17) is 5.11 Å². The predicted octanol–water partition coefficient (Wildman–Crippen LogP) is 2.79. The molecule has 0 unspecified atom stereocenters. The van der Waals surface area contributed by atoms with Gasteiger partial charge in [-0.15, -0.1) is 0 Å². The van der Waals surface area contributed by atoms with Crippen LogP contribution in [0.15, 0.2) is 24.3 Å². The smallest absolute Gasteiger partial charge is 0.253 e. The van der Waals surface area contributed by atoms with Crippen LogP contribution in [-0.2, 0) is 0 Å². The largest absolute Gasteiger partial charge is 0.396 e. The molecule has 0 heterocycles. The van der Waals surface area contributed by atoms with Gasteiger partial charge in [-0.2, -0.15) is 0 Å². The SMILES string of the molecule is CC(C)Nc1ccccc1C(=O)NCCCCCCO. The molecular formula is C16H26N2O2. The fourth-order valence-corrected chi connectivity index (χ4v) is 2.01. The molecule has 1 aromatic rings. The Kier molecular flexibility index (Phi) is 7.73. The second-order valence-electron chi connectivity index (χ2n) is 5.24. The average molecular weight is 278 g/mol. The van der Waals surface area contributed by atoms with E-state index in [9.17, 15) is 4.79 Å². The highest BCUT2D eigenvalue weighted by molar-refractivity contribution is 5.99. The summed E-state index contributed by atoms with van der Waals surface area (Å²) >= 11 is 0. The number of carbonyl (C=O) groups is 1. The molecular weight excluding hydrogens is 252 g/mol. The Morgan fingerprint density at radius 3 is 2.55 bits per heavy atom. The lowest BCUT2D eigenvalue weighted by molar-refractivity contribution is 0.0953. The molecule has 0 spiro atoms. The van der Waals surface area contributed by atoms with Crippen LogP contribution in [0.2, 0.25) is 0 Å². The fourth-order valence-electron chi connectivity index (χ4n) is 2.01. The number of anilines is 1. The van der Waals surface area contributed by atoms with Crippen molar-refractivity contribution in [2.24, 2.45) is 0 Å². The molecule has 4 nitrogen and oxygen atoms in total. The number of unbranched alkanes of at least 4 members (excludes halogenated alkanes) is 3. The second-order valence-corrected chi connectivity index (χ2v) is 5.24. The lowest BCUT2D eigenvalue weighted by Crippen LogP contribution is -2.26. The van der Waals surface area contributed by atoms with Gasteiger partial charge < -0.3 is 15.7 Å². The summed E-state index contributed by atoms with van der Waals surface area (Å²) in [5.41, 5.74) is 1.57. The van der Waals surface area contributed by atoms with Gasteiger partial charge in [-0.1, -0.05) is 25.0 Å². The Bertz CT molecular complexity index is 405. The molecule has 1 amide bonds. The first-order chi connectivity index (χ1) is 9.65. The van der Waals surface area contributed by atoms with Gasteiger partial charge in [0.15, 0.2) is 0 Å². The molecule has 4 heteroatoms. The third-order valence-corrected chi connectivity index (χ3v) is 2.99. The predicted molar refractivity (Wildman–Crippen MR) is 83.1 cm³/mol. The molecule has 0 aliphatic heterocycles. The van der Waals surface area contributed by atoms with Gasteiger partial charge in [-0.25, -0.2) is 0 Å². The summed E-state index contributed by atoms with van der Waals surface area (Å²) in [6, 6.07) is 7.86. The Morgan fingerprint density at radius 2 is 1.85 bits per heavy atom. The van der Waals surface area contributed by atoms with Gasteiger partial charge in [0.05, 0.1) is 5.56 Å². The van der Waals surface area contributed by atoms with Crippen LogP contribution in [0.3, 0.4) is 0 Å². The standard InChI is InChI=1S/C16H26N2O2/c1-13(2)18-15-10-6-5-9-14(15)16(20)17-11-7-3-4-8-12-19/h5-6,9-10,13,18-19H,3-4,7-8,11-12H2,1-2H3,(H,17,20). The van der Waals surface area contributed by atoms with Crippen LogP contribution in [0.4, 0.5) is 5.69 Å². The maximum absolute atomic E-state index is 12.1. The molecule has 0 fully saturated rings. The molecule has 3 N–H and O–H groups in total. The normalized spacial score (nSPS) is 10.6. The number of aliphatic hydroxyl groups excluding tert-OH is 1. The quantitative estimate of drug-likeness (QED) is 0.609. The summed E-state index contributed by atoms with van der Waals surface area (Å²) in [6.45, 7) is 5.03. The first-order valence-corrected chi connectivity index (χ1v) is 7.39. The minimum Gasteiger partial charge on any atom is -0.396 e. The van der Waals surface area contributed by atoms with Crippen molar-refractivity contribution < 1.29 is 9.90 Å². The van der Waals surface area contributed by atoms with Crippen LogP contribution < -0.4 is 10.6 Å². The molecule has 0 radical (unpaired) electrons. The maximum Gasteiger partial charge on any atom is 0.253 e. The van der Waals surface area contributed by atoms with E-state index in [2.05, 4.69) is 24.5 Å². The molecule has 0 aromatic heterocycles. The zero-order valence-corrected chi connectivity index (χ0v) is 12.5. The van der Waals surface area contributed by atoms with Crippen molar-refractivity contribution in [2.45, 2.75) is 45.6 Å². The van der Waals surface area contributed by atoms with E-state index in [0.717, 1.165) is 31.4 Å². The van der Waals surface area contributed by atoms with E-state index in [0.29, 0.717) is 18.2 Å². The molecule has 0 bridgehead atoms. The summed E-state index contributed by atoms with van der Waals surface area (Å²) in [5, 5.41) is 14.9. The van der Waals surface area contributed by atoms with Crippen molar-refractivity contribution in [2.75, 3.05) is 18.5 Å². The van der Waals surface area contributed by atoms with E-state index in [-0.39, 0.29) is 12.5 Å². The topological polar surface area (TPSA) is 61.4 Å². The molecule has 0 atom stereocenters. The number of carbonyl (C=O) groups excluding carboxylic acids is 1. The van der Waals surface area contributed by atoms with E-state index in [1.54, 1.807) is 0 Å². The molecule has 0 aliphatic carbocycles. The van der Waals surface area contributed by atoms with E-state index in [1.165, 1.54) is 0 Å². The number of rotatable bonds is 9. The molecule has 0 aliphatic rings. The Hall–Kier alpha value is -1.55. The first kappa shape index (κ1) is 16.5. The van der Waals surface area contributed by atoms with Crippen molar-refractivity contribution in [3.63, 3.8) is 0 Å². The number of benzene rings is 1. The molecule has 0 saturated carbocycles. The van der Waals surface area contributed by atoms with Crippen LogP contribution >= 0.6 is 0 Å². The third kappa shape index (κ3) is 6.06. The van der Waals surface area contributed by atoms with Crippen molar-refractivity contribution >= 4 is 11.6 Å². The maximum atomic E-state index is 12.1.